The Bertz CT molecular complexity index is 1050. The molecular weight excluding hydrogens is 429 g/mol. The second kappa shape index (κ2) is 8.89. The zero-order chi connectivity index (χ0) is 22.9. The molecule has 3 aliphatic heterocycles. The van der Waals surface area contributed by atoms with Crippen molar-refractivity contribution in [1.82, 2.24) is 24.9 Å². The summed E-state index contributed by atoms with van der Waals surface area (Å²) in [6, 6.07) is 2.75. The summed E-state index contributed by atoms with van der Waals surface area (Å²) in [5.74, 6) is 0.443. The standard InChI is InChI=1S/C22H26FN7O3/c1-27-9-10-29(22(27)32)19-2-6-25-21(26-19)28-7-3-15(4-8-28)20(31)30-18(5-11-33-30)16-12-17(23)14-24-13-16/h2,6,12-15,18H,3-5,7-11H2,1H3/t18-/m0/s1. The van der Waals surface area contributed by atoms with Crippen LogP contribution < -0.4 is 9.80 Å². The average molecular weight is 455 g/mol. The van der Waals surface area contributed by atoms with Crippen LogP contribution >= 0.6 is 0 Å². The molecular formula is C22H26FN7O3. The molecule has 11 heteroatoms. The Balaban J connectivity index is 1.23. The van der Waals surface area contributed by atoms with Crippen LogP contribution in [0.5, 0.6) is 0 Å². The van der Waals surface area contributed by atoms with Gasteiger partial charge in [0, 0.05) is 58.0 Å². The maximum Gasteiger partial charge on any atom is 0.325 e. The second-order valence-electron chi connectivity index (χ2n) is 8.57. The molecule has 2 aromatic heterocycles. The number of urea groups is 1. The highest BCUT2D eigenvalue weighted by Gasteiger charge is 2.37. The predicted molar refractivity (Wildman–Crippen MR) is 117 cm³/mol. The van der Waals surface area contributed by atoms with Gasteiger partial charge in [0.05, 0.1) is 18.8 Å². The van der Waals surface area contributed by atoms with E-state index in [0.29, 0.717) is 69.4 Å². The van der Waals surface area contributed by atoms with Gasteiger partial charge in [0.15, 0.2) is 0 Å². The van der Waals surface area contributed by atoms with Crippen LogP contribution in [0, 0.1) is 11.7 Å². The van der Waals surface area contributed by atoms with Crippen molar-refractivity contribution in [3.63, 3.8) is 0 Å². The average Bonchev–Trinajstić information content (AvgIpc) is 3.46. The molecule has 0 aliphatic carbocycles. The van der Waals surface area contributed by atoms with Gasteiger partial charge in [-0.2, -0.15) is 4.98 Å². The van der Waals surface area contributed by atoms with Crippen LogP contribution in [0.2, 0.25) is 0 Å². The zero-order valence-corrected chi connectivity index (χ0v) is 18.4. The molecule has 5 heterocycles. The monoisotopic (exact) mass is 455 g/mol. The van der Waals surface area contributed by atoms with Gasteiger partial charge < -0.3 is 9.80 Å². The largest absolute Gasteiger partial charge is 0.341 e. The summed E-state index contributed by atoms with van der Waals surface area (Å²) in [6.45, 7) is 2.91. The molecule has 0 aromatic carbocycles. The number of hydrogen-bond donors (Lipinski definition) is 0. The maximum atomic E-state index is 13.6. The minimum Gasteiger partial charge on any atom is -0.341 e. The number of likely N-dealkylation sites (N-methyl/N-ethyl adjacent to an activating group) is 1. The fourth-order valence-corrected chi connectivity index (χ4v) is 4.61. The molecule has 0 spiro atoms. The van der Waals surface area contributed by atoms with E-state index in [9.17, 15) is 14.0 Å². The Morgan fingerprint density at radius 3 is 2.70 bits per heavy atom. The van der Waals surface area contributed by atoms with Crippen molar-refractivity contribution in [2.24, 2.45) is 5.92 Å². The summed E-state index contributed by atoms with van der Waals surface area (Å²) in [4.78, 5) is 49.3. The minimum atomic E-state index is -0.426. The number of nitrogens with zero attached hydrogens (tertiary/aromatic N) is 7. The van der Waals surface area contributed by atoms with Crippen molar-refractivity contribution in [1.29, 1.82) is 0 Å². The van der Waals surface area contributed by atoms with E-state index in [4.69, 9.17) is 4.84 Å². The fraction of sp³-hybridized carbons (Fsp3) is 0.500. The van der Waals surface area contributed by atoms with Crippen LogP contribution in [0.1, 0.15) is 30.9 Å². The van der Waals surface area contributed by atoms with Gasteiger partial charge in [0.25, 0.3) is 0 Å². The van der Waals surface area contributed by atoms with E-state index in [1.165, 1.54) is 11.1 Å². The maximum absolute atomic E-state index is 13.6. The van der Waals surface area contributed by atoms with Crippen molar-refractivity contribution in [2.75, 3.05) is 49.6 Å². The summed E-state index contributed by atoms with van der Waals surface area (Å²) < 4.78 is 13.6. The van der Waals surface area contributed by atoms with E-state index >= 15 is 0 Å². The third-order valence-electron chi connectivity index (χ3n) is 6.48. The van der Waals surface area contributed by atoms with Crippen LogP contribution in [-0.4, -0.2) is 76.7 Å². The van der Waals surface area contributed by atoms with E-state index in [0.717, 1.165) is 6.20 Å². The van der Waals surface area contributed by atoms with Gasteiger partial charge >= 0.3 is 6.03 Å². The van der Waals surface area contributed by atoms with Crippen molar-refractivity contribution in [3.05, 3.63) is 42.1 Å². The predicted octanol–water partition coefficient (Wildman–Crippen LogP) is 2.00. The topological polar surface area (TPSA) is 95.0 Å². The summed E-state index contributed by atoms with van der Waals surface area (Å²) in [5.41, 5.74) is 0.644. The van der Waals surface area contributed by atoms with Crippen LogP contribution in [0.4, 0.5) is 21.0 Å². The smallest absolute Gasteiger partial charge is 0.325 e. The van der Waals surface area contributed by atoms with Gasteiger partial charge in [-0.05, 0) is 30.5 Å². The number of hydroxylamine groups is 2. The molecule has 10 nitrogen and oxygen atoms in total. The van der Waals surface area contributed by atoms with Gasteiger partial charge in [-0.15, -0.1) is 0 Å². The van der Waals surface area contributed by atoms with Crippen LogP contribution in [-0.2, 0) is 9.63 Å². The van der Waals surface area contributed by atoms with Crippen molar-refractivity contribution < 1.29 is 18.8 Å². The Hall–Kier alpha value is -3.34. The summed E-state index contributed by atoms with van der Waals surface area (Å²) in [7, 11) is 1.77. The number of amides is 3. The first-order valence-corrected chi connectivity index (χ1v) is 11.2. The van der Waals surface area contributed by atoms with Gasteiger partial charge in [0.1, 0.15) is 11.6 Å². The van der Waals surface area contributed by atoms with Gasteiger partial charge in [-0.1, -0.05) is 0 Å². The number of piperidine rings is 1. The number of halogens is 1. The molecule has 2 aromatic rings. The molecule has 5 rings (SSSR count). The Labute approximate surface area is 190 Å². The SMILES string of the molecule is CN1CCN(c2ccnc(N3CCC(C(=O)N4OCC[C@H]4c4cncc(F)c4)CC3)n2)C1=O. The molecule has 0 bridgehead atoms. The molecule has 0 N–H and O–H groups in total. The molecule has 33 heavy (non-hydrogen) atoms. The van der Waals surface area contributed by atoms with E-state index in [2.05, 4.69) is 15.0 Å². The molecule has 3 fully saturated rings. The first-order valence-electron chi connectivity index (χ1n) is 11.2. The van der Waals surface area contributed by atoms with Crippen molar-refractivity contribution in [3.8, 4) is 0 Å². The molecule has 1 atom stereocenters. The lowest BCUT2D eigenvalue weighted by molar-refractivity contribution is -0.182. The molecule has 3 aliphatic rings. The molecule has 3 saturated heterocycles. The molecule has 0 saturated carbocycles. The second-order valence-corrected chi connectivity index (χ2v) is 8.57. The number of carbonyl (C=O) groups is 2. The third-order valence-corrected chi connectivity index (χ3v) is 6.48. The first-order chi connectivity index (χ1) is 16.0. The van der Waals surface area contributed by atoms with Gasteiger partial charge in [0.2, 0.25) is 11.9 Å². The number of rotatable bonds is 4. The Morgan fingerprint density at radius 2 is 1.97 bits per heavy atom. The first kappa shape index (κ1) is 21.5. The molecule has 0 radical (unpaired) electrons. The molecule has 0 unspecified atom stereocenters. The van der Waals surface area contributed by atoms with Crippen LogP contribution in [0.25, 0.3) is 0 Å². The third kappa shape index (κ3) is 4.20. The van der Waals surface area contributed by atoms with Crippen molar-refractivity contribution in [2.45, 2.75) is 25.3 Å². The highest BCUT2D eigenvalue weighted by Crippen LogP contribution is 2.34. The van der Waals surface area contributed by atoms with Crippen molar-refractivity contribution >= 4 is 23.7 Å². The number of aromatic nitrogens is 3. The lowest BCUT2D eigenvalue weighted by Gasteiger charge is -2.34. The lowest BCUT2D eigenvalue weighted by atomic mass is 9.95. The highest BCUT2D eigenvalue weighted by molar-refractivity contribution is 5.93. The zero-order valence-electron chi connectivity index (χ0n) is 18.4. The number of carbonyl (C=O) groups excluding carboxylic acids is 2. The fourth-order valence-electron chi connectivity index (χ4n) is 4.61. The summed E-state index contributed by atoms with van der Waals surface area (Å²) in [5, 5.41) is 1.41. The van der Waals surface area contributed by atoms with Gasteiger partial charge in [-0.25, -0.2) is 19.2 Å². The minimum absolute atomic E-state index is 0.0716. The lowest BCUT2D eigenvalue weighted by Crippen LogP contribution is -2.42. The summed E-state index contributed by atoms with van der Waals surface area (Å²) in [6.07, 6.45) is 6.27. The number of anilines is 2. The molecule has 174 valence electrons. The van der Waals surface area contributed by atoms with E-state index in [-0.39, 0.29) is 23.9 Å². The van der Waals surface area contributed by atoms with Crippen LogP contribution in [0.15, 0.2) is 30.7 Å². The van der Waals surface area contributed by atoms with E-state index in [1.807, 2.05) is 4.90 Å². The molecule has 3 amide bonds. The van der Waals surface area contributed by atoms with Crippen LogP contribution in [0.3, 0.4) is 0 Å². The highest BCUT2D eigenvalue weighted by atomic mass is 19.1. The summed E-state index contributed by atoms with van der Waals surface area (Å²) >= 11 is 0. The number of hydrogen-bond acceptors (Lipinski definition) is 7. The van der Waals surface area contributed by atoms with Gasteiger partial charge in [-0.3, -0.25) is 19.5 Å². The Kier molecular flexibility index (Phi) is 5.79. The Morgan fingerprint density at radius 1 is 1.15 bits per heavy atom. The number of pyridine rings is 1. The quantitative estimate of drug-likeness (QED) is 0.696. The normalized spacial score (nSPS) is 21.9. The van der Waals surface area contributed by atoms with E-state index in [1.54, 1.807) is 35.3 Å². The van der Waals surface area contributed by atoms with E-state index < -0.39 is 5.82 Å².